The van der Waals surface area contributed by atoms with E-state index in [-0.39, 0.29) is 22.3 Å². The van der Waals surface area contributed by atoms with E-state index in [1.807, 2.05) is 19.9 Å². The molecule has 0 radical (unpaired) electrons. The number of sulfonamides is 1. The summed E-state index contributed by atoms with van der Waals surface area (Å²) < 4.78 is 45.9. The molecular formula is C31H38ClFN6O5S. The summed E-state index contributed by atoms with van der Waals surface area (Å²) in [6, 6.07) is 10.4. The molecule has 0 atom stereocenters. The number of hydrogen-bond acceptors (Lipinski definition) is 7. The van der Waals surface area contributed by atoms with E-state index in [4.69, 9.17) is 22.1 Å². The molecule has 0 unspecified atom stereocenters. The monoisotopic (exact) mass is 660 g/mol. The third-order valence-electron chi connectivity index (χ3n) is 7.47. The molecule has 0 bridgehead atoms. The Morgan fingerprint density at radius 2 is 1.91 bits per heavy atom. The molecule has 0 saturated carbocycles. The van der Waals surface area contributed by atoms with Gasteiger partial charge in [0.25, 0.3) is 0 Å². The summed E-state index contributed by atoms with van der Waals surface area (Å²) in [5.41, 5.74) is 7.35. The van der Waals surface area contributed by atoms with Gasteiger partial charge in [-0.25, -0.2) is 22.6 Å². The molecule has 11 nitrogen and oxygen atoms in total. The average molecular weight is 661 g/mol. The minimum Gasteiger partial charge on any atom is -0.439 e. The number of rotatable bonds is 12. The number of amides is 3. The molecule has 3 amide bonds. The fraction of sp³-hybridized carbons (Fsp3) is 0.387. The van der Waals surface area contributed by atoms with E-state index in [2.05, 4.69) is 19.9 Å². The Balaban J connectivity index is 1.33. The van der Waals surface area contributed by atoms with Crippen LogP contribution in [-0.4, -0.2) is 67.1 Å². The number of nitrogens with two attached hydrogens (primary N) is 1. The number of likely N-dealkylation sites (tertiary alicyclic amines) is 1. The number of ether oxygens (including phenoxy) is 1. The summed E-state index contributed by atoms with van der Waals surface area (Å²) in [7, 11) is -3.37. The number of primary amides is 1. The molecule has 0 spiro atoms. The second-order valence-electron chi connectivity index (χ2n) is 11.1. The van der Waals surface area contributed by atoms with Crippen molar-refractivity contribution in [2.75, 3.05) is 35.9 Å². The zero-order chi connectivity index (χ0) is 32.7. The Morgan fingerprint density at radius 3 is 2.51 bits per heavy atom. The lowest BCUT2D eigenvalue weighted by molar-refractivity contribution is 0.1000. The number of urea groups is 1. The van der Waals surface area contributed by atoms with Crippen LogP contribution in [0.4, 0.5) is 20.6 Å². The van der Waals surface area contributed by atoms with Crippen molar-refractivity contribution in [3.8, 4) is 11.6 Å². The van der Waals surface area contributed by atoms with E-state index in [0.29, 0.717) is 30.4 Å². The van der Waals surface area contributed by atoms with E-state index in [9.17, 15) is 22.4 Å². The molecule has 1 aliphatic heterocycles. The highest BCUT2D eigenvalue weighted by molar-refractivity contribution is 7.92. The number of nitrogens with one attached hydrogen (secondary N) is 2. The molecular weight excluding hydrogens is 623 g/mol. The summed E-state index contributed by atoms with van der Waals surface area (Å²) in [4.78, 5) is 33.4. The summed E-state index contributed by atoms with van der Waals surface area (Å²) in [5, 5.41) is 2.50. The highest BCUT2D eigenvalue weighted by Gasteiger charge is 2.28. The SMILES string of the molecule is CCCCN(C(=O)Nc1cc(C(N)=O)c(Cl)cc1F)C1CCN(Cc2ccc(Oc3ccc(NS(C)(=O)=O)cc3C)nc2)CC1. The molecule has 2 heterocycles. The lowest BCUT2D eigenvalue weighted by atomic mass is 10.0. The molecule has 3 aromatic rings. The number of aromatic nitrogens is 1. The molecule has 242 valence electrons. The third-order valence-corrected chi connectivity index (χ3v) is 8.39. The number of halogens is 2. The second-order valence-corrected chi connectivity index (χ2v) is 13.3. The molecule has 4 N–H and O–H groups in total. The van der Waals surface area contributed by atoms with Crippen LogP contribution in [0.3, 0.4) is 0 Å². The summed E-state index contributed by atoms with van der Waals surface area (Å²) in [6.45, 7) is 6.57. The third kappa shape index (κ3) is 9.52. The van der Waals surface area contributed by atoms with Gasteiger partial charge < -0.3 is 20.7 Å². The highest BCUT2D eigenvalue weighted by atomic mass is 35.5. The predicted octanol–water partition coefficient (Wildman–Crippen LogP) is 5.74. The number of pyridine rings is 1. The Bertz CT molecular complexity index is 1630. The zero-order valence-electron chi connectivity index (χ0n) is 25.5. The van der Waals surface area contributed by atoms with Gasteiger partial charge in [-0.1, -0.05) is 31.0 Å². The molecule has 2 aromatic carbocycles. The van der Waals surface area contributed by atoms with Crippen molar-refractivity contribution < 1.29 is 27.1 Å². The number of benzene rings is 2. The van der Waals surface area contributed by atoms with Gasteiger partial charge in [0.2, 0.25) is 21.8 Å². The van der Waals surface area contributed by atoms with Crippen molar-refractivity contribution in [3.05, 3.63) is 76.2 Å². The summed E-state index contributed by atoms with van der Waals surface area (Å²) in [5.74, 6) is -0.569. The predicted molar refractivity (Wildman–Crippen MR) is 173 cm³/mol. The number of carbonyl (C=O) groups excluding carboxylic acids is 2. The smallest absolute Gasteiger partial charge is 0.322 e. The number of hydrogen-bond donors (Lipinski definition) is 3. The maximum absolute atomic E-state index is 14.6. The number of nitrogens with zero attached hydrogens (tertiary/aromatic N) is 3. The molecule has 0 aliphatic carbocycles. The van der Waals surface area contributed by atoms with Gasteiger partial charge in [-0.05, 0) is 67.6 Å². The first kappa shape index (κ1) is 33.9. The van der Waals surface area contributed by atoms with Gasteiger partial charge >= 0.3 is 6.03 Å². The number of unbranched alkanes of at least 4 members (excludes halogenated alkanes) is 1. The van der Waals surface area contributed by atoms with Crippen LogP contribution in [-0.2, 0) is 16.6 Å². The normalized spacial score (nSPS) is 14.2. The number of aryl methyl sites for hydroxylation is 1. The van der Waals surface area contributed by atoms with Crippen LogP contribution in [0.1, 0.15) is 54.1 Å². The van der Waals surface area contributed by atoms with Crippen molar-refractivity contribution in [1.82, 2.24) is 14.8 Å². The molecule has 1 aromatic heterocycles. The molecule has 45 heavy (non-hydrogen) atoms. The minimum atomic E-state index is -3.37. The van der Waals surface area contributed by atoms with Crippen LogP contribution in [0.2, 0.25) is 5.02 Å². The number of carbonyl (C=O) groups is 2. The van der Waals surface area contributed by atoms with Crippen LogP contribution in [0.25, 0.3) is 0 Å². The average Bonchev–Trinajstić information content (AvgIpc) is 2.97. The van der Waals surface area contributed by atoms with E-state index in [0.717, 1.165) is 62.2 Å². The van der Waals surface area contributed by atoms with Crippen molar-refractivity contribution in [2.45, 2.75) is 52.1 Å². The molecule has 1 saturated heterocycles. The van der Waals surface area contributed by atoms with Crippen LogP contribution >= 0.6 is 11.6 Å². The van der Waals surface area contributed by atoms with Crippen LogP contribution in [0.15, 0.2) is 48.7 Å². The standard InChI is InChI=1S/C31H38ClFN6O5S/c1-4-5-12-39(31(41)36-27-16-24(30(34)40)25(32)17-26(27)33)23-10-13-38(14-11-23)19-21-6-9-29(35-18-21)44-28-8-7-22(15-20(28)2)37-45(3,42)43/h6-9,15-18,23,37H,4-5,10-14,19H2,1-3H3,(H2,34,40)(H,36,41). The van der Waals surface area contributed by atoms with E-state index in [1.54, 1.807) is 35.4 Å². The van der Waals surface area contributed by atoms with Crippen molar-refractivity contribution in [1.29, 1.82) is 0 Å². The lowest BCUT2D eigenvalue weighted by Gasteiger charge is -2.38. The van der Waals surface area contributed by atoms with E-state index < -0.39 is 27.8 Å². The Kier molecular flexibility index (Phi) is 11.2. The minimum absolute atomic E-state index is 0.0325. The Labute approximate surface area is 267 Å². The van der Waals surface area contributed by atoms with Crippen molar-refractivity contribution >= 4 is 44.9 Å². The van der Waals surface area contributed by atoms with E-state index in [1.165, 1.54) is 6.07 Å². The second kappa shape index (κ2) is 14.9. The molecule has 4 rings (SSSR count). The maximum Gasteiger partial charge on any atom is 0.322 e. The van der Waals surface area contributed by atoms with Gasteiger partial charge in [0.15, 0.2) is 0 Å². The van der Waals surface area contributed by atoms with Gasteiger partial charge in [-0.15, -0.1) is 0 Å². The van der Waals surface area contributed by atoms with Crippen molar-refractivity contribution in [2.24, 2.45) is 5.73 Å². The zero-order valence-corrected chi connectivity index (χ0v) is 27.0. The van der Waals surface area contributed by atoms with Crippen molar-refractivity contribution in [3.63, 3.8) is 0 Å². The van der Waals surface area contributed by atoms with Crippen LogP contribution in [0.5, 0.6) is 11.6 Å². The van der Waals surface area contributed by atoms with E-state index >= 15 is 0 Å². The maximum atomic E-state index is 14.6. The first-order valence-corrected chi connectivity index (χ1v) is 16.9. The van der Waals surface area contributed by atoms with Crippen LogP contribution < -0.4 is 20.5 Å². The number of anilines is 2. The van der Waals surface area contributed by atoms with Gasteiger partial charge in [0.05, 0.1) is 22.5 Å². The van der Waals surface area contributed by atoms with Crippen LogP contribution in [0, 0.1) is 12.7 Å². The van der Waals surface area contributed by atoms with Gasteiger partial charge in [0, 0.05) is 50.2 Å². The molecule has 1 aliphatic rings. The first-order valence-electron chi connectivity index (χ1n) is 14.6. The lowest BCUT2D eigenvalue weighted by Crippen LogP contribution is -2.49. The van der Waals surface area contributed by atoms with Gasteiger partial charge in [-0.2, -0.15) is 0 Å². The Morgan fingerprint density at radius 1 is 1.18 bits per heavy atom. The molecule has 14 heteroatoms. The highest BCUT2D eigenvalue weighted by Crippen LogP contribution is 2.28. The summed E-state index contributed by atoms with van der Waals surface area (Å²) in [6.07, 6.45) is 6.03. The largest absolute Gasteiger partial charge is 0.439 e. The topological polar surface area (TPSA) is 147 Å². The Hall–Kier alpha value is -3.94. The molecule has 1 fully saturated rings. The first-order chi connectivity index (χ1) is 21.3. The fourth-order valence-electron chi connectivity index (χ4n) is 5.17. The summed E-state index contributed by atoms with van der Waals surface area (Å²) >= 11 is 5.93. The van der Waals surface area contributed by atoms with Gasteiger partial charge in [0.1, 0.15) is 11.6 Å². The number of piperidine rings is 1. The fourth-order valence-corrected chi connectivity index (χ4v) is 5.96. The quantitative estimate of drug-likeness (QED) is 0.224. The van der Waals surface area contributed by atoms with Gasteiger partial charge in [-0.3, -0.25) is 14.4 Å².